The first-order chi connectivity index (χ1) is 9.52. The lowest BCUT2D eigenvalue weighted by Crippen LogP contribution is -2.41. The van der Waals surface area contributed by atoms with Gasteiger partial charge in [-0.25, -0.2) is 0 Å². The molecule has 0 unspecified atom stereocenters. The van der Waals surface area contributed by atoms with Gasteiger partial charge in [-0.1, -0.05) is 12.1 Å². The number of carboxylic acids is 1. The smallest absolute Gasteiger partial charge is 0.320 e. The average Bonchev–Trinajstić information content (AvgIpc) is 2.45. The Kier molecular flexibility index (Phi) is 6.52. The van der Waals surface area contributed by atoms with Gasteiger partial charge < -0.3 is 15.2 Å². The minimum absolute atomic E-state index is 0.00389. The SMILES string of the molecule is COc1ccc(CCNC(=O)CN[C@H](C)C(=O)O)cc1. The molecule has 0 spiro atoms. The minimum Gasteiger partial charge on any atom is -0.497 e. The van der Waals surface area contributed by atoms with E-state index in [9.17, 15) is 9.59 Å². The number of aliphatic carboxylic acids is 1. The molecule has 110 valence electrons. The summed E-state index contributed by atoms with van der Waals surface area (Å²) in [7, 11) is 1.61. The van der Waals surface area contributed by atoms with E-state index in [1.165, 1.54) is 6.92 Å². The molecule has 0 bridgehead atoms. The lowest BCUT2D eigenvalue weighted by atomic mass is 10.1. The summed E-state index contributed by atoms with van der Waals surface area (Å²) < 4.78 is 5.06. The Hall–Kier alpha value is -2.08. The Morgan fingerprint density at radius 3 is 2.50 bits per heavy atom. The second-order valence-electron chi connectivity index (χ2n) is 4.39. The van der Waals surface area contributed by atoms with Crippen LogP contribution in [0.25, 0.3) is 0 Å². The highest BCUT2D eigenvalue weighted by Crippen LogP contribution is 2.11. The molecule has 1 aromatic carbocycles. The molecule has 0 saturated heterocycles. The number of carbonyl (C=O) groups is 2. The second-order valence-corrected chi connectivity index (χ2v) is 4.39. The summed E-state index contributed by atoms with van der Waals surface area (Å²) in [4.78, 5) is 22.0. The Labute approximate surface area is 118 Å². The molecular weight excluding hydrogens is 260 g/mol. The van der Waals surface area contributed by atoms with E-state index in [2.05, 4.69) is 10.6 Å². The second kappa shape index (κ2) is 8.16. The van der Waals surface area contributed by atoms with Gasteiger partial charge in [0.05, 0.1) is 13.7 Å². The highest BCUT2D eigenvalue weighted by atomic mass is 16.5. The molecule has 1 rings (SSSR count). The van der Waals surface area contributed by atoms with Crippen molar-refractivity contribution in [3.63, 3.8) is 0 Å². The van der Waals surface area contributed by atoms with E-state index in [4.69, 9.17) is 9.84 Å². The van der Waals surface area contributed by atoms with Crippen molar-refractivity contribution in [2.24, 2.45) is 0 Å². The van der Waals surface area contributed by atoms with Crippen LogP contribution >= 0.6 is 0 Å². The van der Waals surface area contributed by atoms with Crippen molar-refractivity contribution < 1.29 is 19.4 Å². The van der Waals surface area contributed by atoms with Crippen LogP contribution in [0.5, 0.6) is 5.75 Å². The van der Waals surface area contributed by atoms with E-state index in [0.717, 1.165) is 11.3 Å². The first kappa shape index (κ1) is 16.0. The number of methoxy groups -OCH3 is 1. The van der Waals surface area contributed by atoms with Crippen LogP contribution in [-0.4, -0.2) is 43.2 Å². The molecule has 1 atom stereocenters. The maximum Gasteiger partial charge on any atom is 0.320 e. The van der Waals surface area contributed by atoms with E-state index in [1.54, 1.807) is 7.11 Å². The Morgan fingerprint density at radius 1 is 1.30 bits per heavy atom. The van der Waals surface area contributed by atoms with Gasteiger partial charge in [-0.15, -0.1) is 0 Å². The number of rotatable bonds is 8. The molecule has 0 fully saturated rings. The van der Waals surface area contributed by atoms with Crippen molar-refractivity contribution in [2.75, 3.05) is 20.2 Å². The zero-order chi connectivity index (χ0) is 15.0. The van der Waals surface area contributed by atoms with Crippen LogP contribution in [0.1, 0.15) is 12.5 Å². The number of hydrogen-bond acceptors (Lipinski definition) is 4. The van der Waals surface area contributed by atoms with Crippen LogP contribution in [0.2, 0.25) is 0 Å². The third-order valence-electron chi connectivity index (χ3n) is 2.83. The quantitative estimate of drug-likeness (QED) is 0.642. The van der Waals surface area contributed by atoms with Gasteiger partial charge in [0.15, 0.2) is 0 Å². The Morgan fingerprint density at radius 2 is 1.95 bits per heavy atom. The fraction of sp³-hybridized carbons (Fsp3) is 0.429. The van der Waals surface area contributed by atoms with Crippen LogP contribution in [0.15, 0.2) is 24.3 Å². The minimum atomic E-state index is -0.976. The summed E-state index contributed by atoms with van der Waals surface area (Å²) in [5.74, 6) is -0.396. The van der Waals surface area contributed by atoms with Gasteiger partial charge in [0.2, 0.25) is 5.91 Å². The van der Waals surface area contributed by atoms with Crippen LogP contribution in [0, 0.1) is 0 Å². The number of carbonyl (C=O) groups excluding carboxylic acids is 1. The van der Waals surface area contributed by atoms with E-state index in [-0.39, 0.29) is 12.5 Å². The molecule has 6 heteroatoms. The normalized spacial score (nSPS) is 11.7. The molecule has 0 heterocycles. The van der Waals surface area contributed by atoms with Crippen molar-refractivity contribution in [1.82, 2.24) is 10.6 Å². The summed E-state index contributed by atoms with van der Waals surface area (Å²) in [5, 5.41) is 14.0. The van der Waals surface area contributed by atoms with Gasteiger partial charge in [0, 0.05) is 6.54 Å². The highest BCUT2D eigenvalue weighted by Gasteiger charge is 2.11. The standard InChI is InChI=1S/C14H20N2O4/c1-10(14(18)19)16-9-13(17)15-8-7-11-3-5-12(20-2)6-4-11/h3-6,10,16H,7-9H2,1-2H3,(H,15,17)(H,18,19)/t10-/m1/s1. The summed E-state index contributed by atoms with van der Waals surface area (Å²) in [5.41, 5.74) is 1.10. The van der Waals surface area contributed by atoms with Gasteiger partial charge in [0.1, 0.15) is 11.8 Å². The fourth-order valence-electron chi connectivity index (χ4n) is 1.53. The maximum atomic E-state index is 11.5. The monoisotopic (exact) mass is 280 g/mol. The summed E-state index contributed by atoms with van der Waals surface area (Å²) >= 11 is 0. The average molecular weight is 280 g/mol. The Balaban J connectivity index is 2.22. The highest BCUT2D eigenvalue weighted by molar-refractivity contribution is 5.79. The topological polar surface area (TPSA) is 87.7 Å². The van der Waals surface area contributed by atoms with Crippen molar-refractivity contribution in [3.05, 3.63) is 29.8 Å². The van der Waals surface area contributed by atoms with Crippen LogP contribution in [0.3, 0.4) is 0 Å². The molecule has 6 nitrogen and oxygen atoms in total. The molecule has 0 saturated carbocycles. The Bertz CT molecular complexity index is 445. The van der Waals surface area contributed by atoms with Crippen LogP contribution in [0.4, 0.5) is 0 Å². The van der Waals surface area contributed by atoms with Crippen LogP contribution < -0.4 is 15.4 Å². The van der Waals surface area contributed by atoms with Gasteiger partial charge >= 0.3 is 5.97 Å². The predicted octanol–water partition coefficient (Wildman–Crippen LogP) is 0.417. The van der Waals surface area contributed by atoms with E-state index in [0.29, 0.717) is 13.0 Å². The largest absolute Gasteiger partial charge is 0.497 e. The lowest BCUT2D eigenvalue weighted by Gasteiger charge is -2.09. The third kappa shape index (κ3) is 5.71. The van der Waals surface area contributed by atoms with Crippen molar-refractivity contribution in [2.45, 2.75) is 19.4 Å². The molecule has 0 aromatic heterocycles. The first-order valence-electron chi connectivity index (χ1n) is 6.38. The molecule has 3 N–H and O–H groups in total. The van der Waals surface area contributed by atoms with Gasteiger partial charge in [-0.2, -0.15) is 0 Å². The van der Waals surface area contributed by atoms with Crippen molar-refractivity contribution >= 4 is 11.9 Å². The van der Waals surface area contributed by atoms with E-state index in [1.807, 2.05) is 24.3 Å². The number of hydrogen-bond donors (Lipinski definition) is 3. The van der Waals surface area contributed by atoms with Crippen LogP contribution in [-0.2, 0) is 16.0 Å². The number of nitrogens with one attached hydrogen (secondary N) is 2. The third-order valence-corrected chi connectivity index (χ3v) is 2.83. The molecular formula is C14H20N2O4. The molecule has 1 amide bonds. The molecule has 0 aliphatic rings. The van der Waals surface area contributed by atoms with Crippen molar-refractivity contribution in [1.29, 1.82) is 0 Å². The van der Waals surface area contributed by atoms with E-state index < -0.39 is 12.0 Å². The predicted molar refractivity (Wildman–Crippen MR) is 74.8 cm³/mol. The van der Waals surface area contributed by atoms with Gasteiger partial charge in [0.25, 0.3) is 0 Å². The molecule has 0 radical (unpaired) electrons. The summed E-state index contributed by atoms with van der Waals surface area (Å²) in [6.07, 6.45) is 0.713. The number of carboxylic acid groups (broad SMARTS) is 1. The van der Waals surface area contributed by atoms with Gasteiger partial charge in [-0.05, 0) is 31.0 Å². The zero-order valence-electron chi connectivity index (χ0n) is 11.7. The number of benzene rings is 1. The van der Waals surface area contributed by atoms with Crippen molar-refractivity contribution in [3.8, 4) is 5.75 Å². The molecule has 0 aliphatic carbocycles. The van der Waals surface area contributed by atoms with Gasteiger partial charge in [-0.3, -0.25) is 14.9 Å². The maximum absolute atomic E-state index is 11.5. The molecule has 0 aliphatic heterocycles. The zero-order valence-corrected chi connectivity index (χ0v) is 11.7. The summed E-state index contributed by atoms with van der Waals surface area (Å²) in [6.45, 7) is 2.00. The molecule has 20 heavy (non-hydrogen) atoms. The fourth-order valence-corrected chi connectivity index (χ4v) is 1.53. The first-order valence-corrected chi connectivity index (χ1v) is 6.38. The molecule has 1 aromatic rings. The number of ether oxygens (including phenoxy) is 1. The number of amides is 1. The summed E-state index contributed by atoms with van der Waals surface area (Å²) in [6, 6.07) is 6.88. The lowest BCUT2D eigenvalue weighted by molar-refractivity contribution is -0.139. The van der Waals surface area contributed by atoms with E-state index >= 15 is 0 Å².